The third-order valence-corrected chi connectivity index (χ3v) is 4.17. The maximum atomic E-state index is 5.77. The second-order valence-corrected chi connectivity index (χ2v) is 5.84. The second-order valence-electron chi connectivity index (χ2n) is 5.84. The van der Waals surface area contributed by atoms with Gasteiger partial charge in [0.05, 0.1) is 19.8 Å². The molecule has 1 aromatic carbocycles. The average molecular weight is 329 g/mol. The molecule has 0 radical (unpaired) electrons. The Hall–Kier alpha value is -2.18. The molecule has 3 rings (SSSR count). The molecule has 2 heterocycles. The molecule has 1 aliphatic heterocycles. The molecule has 6 nitrogen and oxygen atoms in total. The molecule has 128 valence electrons. The summed E-state index contributed by atoms with van der Waals surface area (Å²) in [4.78, 5) is 6.68. The zero-order chi connectivity index (χ0) is 16.9. The van der Waals surface area contributed by atoms with Crippen LogP contribution in [0, 0.1) is 6.92 Å². The van der Waals surface area contributed by atoms with Crippen LogP contribution in [0.2, 0.25) is 0 Å². The maximum absolute atomic E-state index is 5.77. The summed E-state index contributed by atoms with van der Waals surface area (Å²) in [7, 11) is 1.68. The van der Waals surface area contributed by atoms with Gasteiger partial charge in [0, 0.05) is 18.7 Å². The number of nitrogens with zero attached hydrogens (tertiary/aromatic N) is 3. The van der Waals surface area contributed by atoms with Crippen molar-refractivity contribution in [1.82, 2.24) is 15.0 Å². The summed E-state index contributed by atoms with van der Waals surface area (Å²) >= 11 is 0. The summed E-state index contributed by atoms with van der Waals surface area (Å²) in [5.41, 5.74) is 1.06. The molecule has 6 heteroatoms. The fourth-order valence-electron chi connectivity index (χ4n) is 3.00. The van der Waals surface area contributed by atoms with Crippen LogP contribution in [-0.2, 0) is 4.74 Å². The standard InChI is InChI=1S/C18H23N3O3/c1-13-17(18-19-14(2)20-24-18)21(11-12-23-13)10-6-8-15-7-4-5-9-16(15)22-3/h4-9,13,17H,10-12H2,1-3H3/b8-6+/t13-,17+/m1/s1. The first kappa shape index (κ1) is 16.7. The summed E-state index contributed by atoms with van der Waals surface area (Å²) in [6, 6.07) is 7.94. The molecule has 2 atom stereocenters. The van der Waals surface area contributed by atoms with E-state index in [2.05, 4.69) is 27.2 Å². The van der Waals surface area contributed by atoms with Gasteiger partial charge in [0.2, 0.25) is 5.89 Å². The quantitative estimate of drug-likeness (QED) is 0.840. The summed E-state index contributed by atoms with van der Waals surface area (Å²) in [6.07, 6.45) is 4.22. The third kappa shape index (κ3) is 3.66. The normalized spacial score (nSPS) is 22.1. The molecule has 0 bridgehead atoms. The fraction of sp³-hybridized carbons (Fsp3) is 0.444. The van der Waals surface area contributed by atoms with Crippen LogP contribution in [0.1, 0.15) is 30.2 Å². The number of hydrogen-bond acceptors (Lipinski definition) is 6. The SMILES string of the molecule is COc1ccccc1/C=C/CN1CCO[C@H](C)[C@H]1c1nc(C)no1. The molecule has 1 aliphatic rings. The van der Waals surface area contributed by atoms with Crippen molar-refractivity contribution >= 4 is 6.08 Å². The first-order valence-electron chi connectivity index (χ1n) is 8.14. The summed E-state index contributed by atoms with van der Waals surface area (Å²) in [5.74, 6) is 2.13. The zero-order valence-corrected chi connectivity index (χ0v) is 14.3. The highest BCUT2D eigenvalue weighted by Crippen LogP contribution is 2.28. The lowest BCUT2D eigenvalue weighted by Gasteiger charge is -2.37. The van der Waals surface area contributed by atoms with E-state index >= 15 is 0 Å². The molecule has 1 fully saturated rings. The van der Waals surface area contributed by atoms with E-state index in [1.54, 1.807) is 7.11 Å². The van der Waals surface area contributed by atoms with Gasteiger partial charge in [0.15, 0.2) is 5.82 Å². The predicted octanol–water partition coefficient (Wildman–Crippen LogP) is 2.86. The molecular weight excluding hydrogens is 306 g/mol. The Morgan fingerprint density at radius 2 is 2.21 bits per heavy atom. The van der Waals surface area contributed by atoms with Crippen LogP contribution in [0.25, 0.3) is 6.08 Å². The Kier molecular flexibility index (Phi) is 5.27. The summed E-state index contributed by atoms with van der Waals surface area (Å²) in [6.45, 7) is 6.17. The van der Waals surface area contributed by atoms with Gasteiger partial charge in [-0.1, -0.05) is 35.5 Å². The summed E-state index contributed by atoms with van der Waals surface area (Å²) < 4.78 is 16.5. The molecule has 0 aliphatic carbocycles. The van der Waals surface area contributed by atoms with E-state index in [4.69, 9.17) is 14.0 Å². The molecule has 1 aromatic heterocycles. The second kappa shape index (κ2) is 7.59. The van der Waals surface area contributed by atoms with Crippen molar-refractivity contribution in [1.29, 1.82) is 0 Å². The van der Waals surface area contributed by atoms with Crippen molar-refractivity contribution in [3.8, 4) is 5.75 Å². The predicted molar refractivity (Wildman–Crippen MR) is 90.8 cm³/mol. The fourth-order valence-corrected chi connectivity index (χ4v) is 3.00. The number of ether oxygens (including phenoxy) is 2. The van der Waals surface area contributed by atoms with Gasteiger partial charge in [-0.3, -0.25) is 4.90 Å². The van der Waals surface area contributed by atoms with Gasteiger partial charge in [0.25, 0.3) is 0 Å². The van der Waals surface area contributed by atoms with E-state index in [0.29, 0.717) is 18.3 Å². The lowest BCUT2D eigenvalue weighted by molar-refractivity contribution is -0.0684. The van der Waals surface area contributed by atoms with Gasteiger partial charge >= 0.3 is 0 Å². The van der Waals surface area contributed by atoms with Crippen molar-refractivity contribution in [2.45, 2.75) is 26.0 Å². The smallest absolute Gasteiger partial charge is 0.246 e. The number of hydrogen-bond donors (Lipinski definition) is 0. The highest BCUT2D eigenvalue weighted by atomic mass is 16.5. The molecular formula is C18H23N3O3. The first-order valence-corrected chi connectivity index (χ1v) is 8.14. The number of methoxy groups -OCH3 is 1. The van der Waals surface area contributed by atoms with Crippen LogP contribution in [0.3, 0.4) is 0 Å². The lowest BCUT2D eigenvalue weighted by Crippen LogP contribution is -2.44. The van der Waals surface area contributed by atoms with E-state index in [1.807, 2.05) is 38.1 Å². The van der Waals surface area contributed by atoms with Gasteiger partial charge in [-0.2, -0.15) is 4.98 Å². The Bertz CT molecular complexity index is 698. The Morgan fingerprint density at radius 3 is 2.96 bits per heavy atom. The molecule has 0 saturated carbocycles. The minimum Gasteiger partial charge on any atom is -0.496 e. The highest BCUT2D eigenvalue weighted by molar-refractivity contribution is 5.57. The first-order chi connectivity index (χ1) is 11.7. The van der Waals surface area contributed by atoms with Gasteiger partial charge < -0.3 is 14.0 Å². The molecule has 0 N–H and O–H groups in total. The van der Waals surface area contributed by atoms with Gasteiger partial charge in [-0.25, -0.2) is 0 Å². The molecule has 1 saturated heterocycles. The number of aryl methyl sites for hydroxylation is 1. The van der Waals surface area contributed by atoms with Gasteiger partial charge in [-0.05, 0) is 19.9 Å². The van der Waals surface area contributed by atoms with E-state index < -0.39 is 0 Å². The van der Waals surface area contributed by atoms with Crippen molar-refractivity contribution in [3.05, 3.63) is 47.6 Å². The molecule has 24 heavy (non-hydrogen) atoms. The van der Waals surface area contributed by atoms with Crippen molar-refractivity contribution in [2.75, 3.05) is 26.8 Å². The van der Waals surface area contributed by atoms with Crippen LogP contribution in [0.5, 0.6) is 5.75 Å². The summed E-state index contributed by atoms with van der Waals surface area (Å²) in [5, 5.41) is 3.91. The minimum atomic E-state index is -0.0257. The Morgan fingerprint density at radius 1 is 1.38 bits per heavy atom. The number of para-hydroxylation sites is 1. The number of benzene rings is 1. The average Bonchev–Trinajstić information content (AvgIpc) is 3.01. The third-order valence-electron chi connectivity index (χ3n) is 4.17. The molecule has 0 spiro atoms. The Balaban J connectivity index is 1.73. The largest absolute Gasteiger partial charge is 0.496 e. The monoisotopic (exact) mass is 329 g/mol. The van der Waals surface area contributed by atoms with Crippen LogP contribution in [0.15, 0.2) is 34.9 Å². The number of aromatic nitrogens is 2. The topological polar surface area (TPSA) is 60.6 Å². The molecule has 0 unspecified atom stereocenters. The van der Waals surface area contributed by atoms with Crippen molar-refractivity contribution < 1.29 is 14.0 Å². The van der Waals surface area contributed by atoms with E-state index in [1.165, 1.54) is 0 Å². The molecule has 2 aromatic rings. The van der Waals surface area contributed by atoms with Gasteiger partial charge in [-0.15, -0.1) is 0 Å². The zero-order valence-electron chi connectivity index (χ0n) is 14.3. The molecule has 0 amide bonds. The van der Waals surface area contributed by atoms with Crippen LogP contribution < -0.4 is 4.74 Å². The maximum Gasteiger partial charge on any atom is 0.246 e. The Labute approximate surface area is 142 Å². The van der Waals surface area contributed by atoms with Crippen LogP contribution in [0.4, 0.5) is 0 Å². The van der Waals surface area contributed by atoms with E-state index in [0.717, 1.165) is 24.4 Å². The van der Waals surface area contributed by atoms with Crippen molar-refractivity contribution in [3.63, 3.8) is 0 Å². The minimum absolute atomic E-state index is 0.0123. The van der Waals surface area contributed by atoms with E-state index in [-0.39, 0.29) is 12.1 Å². The van der Waals surface area contributed by atoms with Crippen LogP contribution >= 0.6 is 0 Å². The van der Waals surface area contributed by atoms with Crippen molar-refractivity contribution in [2.24, 2.45) is 0 Å². The van der Waals surface area contributed by atoms with E-state index in [9.17, 15) is 0 Å². The number of morpholine rings is 1. The highest BCUT2D eigenvalue weighted by Gasteiger charge is 2.34. The van der Waals surface area contributed by atoms with Gasteiger partial charge in [0.1, 0.15) is 11.8 Å². The van der Waals surface area contributed by atoms with Crippen LogP contribution in [-0.4, -0.2) is 48.0 Å². The lowest BCUT2D eigenvalue weighted by atomic mass is 10.1. The number of rotatable bonds is 5.